The largest absolute Gasteiger partial charge is 0.369 e. The Morgan fingerprint density at radius 3 is 2.25 bits per heavy atom. The smallest absolute Gasteiger partial charge is 0.220 e. The second-order valence-electron chi connectivity index (χ2n) is 6.68. The summed E-state index contributed by atoms with van der Waals surface area (Å²) in [5.74, 6) is 0.592. The first kappa shape index (κ1) is 20.5. The number of aryl methyl sites for hydroxylation is 1. The van der Waals surface area contributed by atoms with Crippen LogP contribution in [-0.4, -0.2) is 22.4 Å². The third kappa shape index (κ3) is 11.1. The lowest BCUT2D eigenvalue weighted by Crippen LogP contribution is -2.24. The van der Waals surface area contributed by atoms with Gasteiger partial charge in [0.25, 0.3) is 0 Å². The first-order valence-electron chi connectivity index (χ1n) is 9.78. The Labute approximate surface area is 147 Å². The summed E-state index contributed by atoms with van der Waals surface area (Å²) in [5.41, 5.74) is 6.51. The van der Waals surface area contributed by atoms with Crippen LogP contribution >= 0.6 is 0 Å². The molecule has 4 N–H and O–H groups in total. The number of nitrogen functional groups attached to an aromatic ring is 1. The van der Waals surface area contributed by atoms with Crippen molar-refractivity contribution in [3.8, 4) is 0 Å². The Morgan fingerprint density at radius 2 is 1.67 bits per heavy atom. The molecule has 0 aliphatic heterocycles. The van der Waals surface area contributed by atoms with Crippen LogP contribution in [0.3, 0.4) is 0 Å². The predicted octanol–water partition coefficient (Wildman–Crippen LogP) is 4.35. The summed E-state index contributed by atoms with van der Waals surface area (Å²) in [7, 11) is 0. The average molecular weight is 337 g/mol. The summed E-state index contributed by atoms with van der Waals surface area (Å²) in [6.07, 6.45) is 17.2. The molecule has 1 aromatic heterocycles. The molecule has 0 aromatic carbocycles. The van der Waals surface area contributed by atoms with Crippen LogP contribution in [0.2, 0.25) is 0 Å². The van der Waals surface area contributed by atoms with Gasteiger partial charge < -0.3 is 16.0 Å². The Bertz CT molecular complexity index is 431. The monoisotopic (exact) mass is 336 g/mol. The molecule has 0 aliphatic carbocycles. The van der Waals surface area contributed by atoms with Crippen LogP contribution in [0.25, 0.3) is 0 Å². The fourth-order valence-corrected chi connectivity index (χ4v) is 2.87. The molecule has 0 saturated heterocycles. The molecule has 0 radical (unpaired) electrons. The number of aromatic nitrogens is 2. The fraction of sp³-hybridized carbons (Fsp3) is 0.789. The molecule has 1 aromatic rings. The molecule has 0 bridgehead atoms. The molecule has 0 atom stereocenters. The molecule has 1 rings (SSSR count). The molecule has 24 heavy (non-hydrogen) atoms. The number of nitrogens with one attached hydrogen (secondary N) is 2. The van der Waals surface area contributed by atoms with Crippen molar-refractivity contribution in [2.45, 2.75) is 90.4 Å². The zero-order valence-electron chi connectivity index (χ0n) is 15.4. The minimum Gasteiger partial charge on any atom is -0.369 e. The molecule has 0 fully saturated rings. The summed E-state index contributed by atoms with van der Waals surface area (Å²) >= 11 is 0. The van der Waals surface area contributed by atoms with E-state index in [9.17, 15) is 4.79 Å². The number of nitrogens with zero attached hydrogens (tertiary/aromatic N) is 1. The summed E-state index contributed by atoms with van der Waals surface area (Å²) in [5, 5.41) is 3.01. The van der Waals surface area contributed by atoms with Gasteiger partial charge in [0.15, 0.2) is 5.95 Å². The van der Waals surface area contributed by atoms with Gasteiger partial charge in [-0.3, -0.25) is 4.79 Å². The van der Waals surface area contributed by atoms with Gasteiger partial charge in [0.1, 0.15) is 0 Å². The van der Waals surface area contributed by atoms with Crippen molar-refractivity contribution >= 4 is 11.9 Å². The second-order valence-corrected chi connectivity index (χ2v) is 6.68. The number of carbonyl (C=O) groups excluding carboxylic acids is 1. The SMILES string of the molecule is CCCCCCCCCCCCNC(=O)CCCc1cnc(N)[nH]1. The normalized spacial score (nSPS) is 10.9. The second kappa shape index (κ2) is 13.9. The van der Waals surface area contributed by atoms with E-state index < -0.39 is 0 Å². The van der Waals surface area contributed by atoms with Gasteiger partial charge >= 0.3 is 0 Å². The third-order valence-corrected chi connectivity index (χ3v) is 4.35. The van der Waals surface area contributed by atoms with Gasteiger partial charge in [-0.05, 0) is 19.3 Å². The van der Waals surface area contributed by atoms with Gasteiger partial charge in [-0.25, -0.2) is 4.98 Å². The number of aromatic amines is 1. The van der Waals surface area contributed by atoms with Crippen molar-refractivity contribution in [2.24, 2.45) is 0 Å². The van der Waals surface area contributed by atoms with Crippen LogP contribution in [0.15, 0.2) is 6.20 Å². The first-order chi connectivity index (χ1) is 11.7. The van der Waals surface area contributed by atoms with E-state index >= 15 is 0 Å². The highest BCUT2D eigenvalue weighted by Crippen LogP contribution is 2.10. The number of rotatable bonds is 15. The molecule has 0 unspecified atom stereocenters. The highest BCUT2D eigenvalue weighted by atomic mass is 16.1. The number of anilines is 1. The topological polar surface area (TPSA) is 83.8 Å². The quantitative estimate of drug-likeness (QED) is 0.416. The number of hydrogen-bond donors (Lipinski definition) is 3. The highest BCUT2D eigenvalue weighted by molar-refractivity contribution is 5.75. The van der Waals surface area contributed by atoms with Crippen LogP contribution in [0.4, 0.5) is 5.95 Å². The zero-order valence-corrected chi connectivity index (χ0v) is 15.4. The number of H-pyrrole nitrogens is 1. The van der Waals surface area contributed by atoms with Gasteiger partial charge in [-0.15, -0.1) is 0 Å². The Hall–Kier alpha value is -1.52. The average Bonchev–Trinajstić information content (AvgIpc) is 2.98. The lowest BCUT2D eigenvalue weighted by atomic mass is 10.1. The van der Waals surface area contributed by atoms with Gasteiger partial charge in [-0.1, -0.05) is 64.7 Å². The number of amides is 1. The van der Waals surface area contributed by atoms with Gasteiger partial charge in [0.2, 0.25) is 5.91 Å². The third-order valence-electron chi connectivity index (χ3n) is 4.35. The van der Waals surface area contributed by atoms with Crippen LogP contribution < -0.4 is 11.1 Å². The maximum atomic E-state index is 11.7. The predicted molar refractivity (Wildman–Crippen MR) is 101 cm³/mol. The van der Waals surface area contributed by atoms with E-state index in [1.807, 2.05) is 0 Å². The lowest BCUT2D eigenvalue weighted by Gasteiger charge is -2.05. The molecule has 0 saturated carbocycles. The van der Waals surface area contributed by atoms with Crippen molar-refractivity contribution in [1.29, 1.82) is 0 Å². The number of unbranched alkanes of at least 4 members (excludes halogenated alkanes) is 9. The number of hydrogen-bond acceptors (Lipinski definition) is 3. The van der Waals surface area contributed by atoms with Gasteiger partial charge in [0.05, 0.1) is 6.20 Å². The molecule has 5 heteroatoms. The van der Waals surface area contributed by atoms with E-state index in [0.29, 0.717) is 12.4 Å². The minimum atomic E-state index is 0.151. The van der Waals surface area contributed by atoms with E-state index in [-0.39, 0.29) is 5.91 Å². The molecule has 0 aliphatic rings. The van der Waals surface area contributed by atoms with Crippen molar-refractivity contribution in [1.82, 2.24) is 15.3 Å². The zero-order chi connectivity index (χ0) is 17.5. The Kier molecular flexibility index (Phi) is 11.9. The summed E-state index contributed by atoms with van der Waals surface area (Å²) in [6.45, 7) is 3.07. The van der Waals surface area contributed by atoms with Crippen LogP contribution in [0.1, 0.15) is 89.7 Å². The van der Waals surface area contributed by atoms with E-state index in [2.05, 4.69) is 22.2 Å². The van der Waals surface area contributed by atoms with Crippen LogP contribution in [-0.2, 0) is 11.2 Å². The van der Waals surface area contributed by atoms with Gasteiger partial charge in [-0.2, -0.15) is 0 Å². The van der Waals surface area contributed by atoms with Crippen molar-refractivity contribution in [3.05, 3.63) is 11.9 Å². The van der Waals surface area contributed by atoms with Crippen LogP contribution in [0.5, 0.6) is 0 Å². The number of carbonyl (C=O) groups is 1. The number of imidazole rings is 1. The van der Waals surface area contributed by atoms with E-state index in [1.165, 1.54) is 57.8 Å². The van der Waals surface area contributed by atoms with E-state index in [4.69, 9.17) is 5.73 Å². The summed E-state index contributed by atoms with van der Waals surface area (Å²) in [6, 6.07) is 0. The molecular weight excluding hydrogens is 300 g/mol. The molecular formula is C19H36N4O. The molecule has 0 spiro atoms. The van der Waals surface area contributed by atoms with Crippen molar-refractivity contribution in [3.63, 3.8) is 0 Å². The Morgan fingerprint density at radius 1 is 1.04 bits per heavy atom. The molecule has 5 nitrogen and oxygen atoms in total. The highest BCUT2D eigenvalue weighted by Gasteiger charge is 2.02. The molecule has 1 amide bonds. The maximum absolute atomic E-state index is 11.7. The first-order valence-corrected chi connectivity index (χ1v) is 9.78. The maximum Gasteiger partial charge on any atom is 0.220 e. The minimum absolute atomic E-state index is 0.151. The van der Waals surface area contributed by atoms with E-state index in [1.54, 1.807) is 6.20 Å². The summed E-state index contributed by atoms with van der Waals surface area (Å²) < 4.78 is 0. The Balaban J connectivity index is 1.82. The van der Waals surface area contributed by atoms with E-state index in [0.717, 1.165) is 31.5 Å². The fourth-order valence-electron chi connectivity index (χ4n) is 2.87. The van der Waals surface area contributed by atoms with Crippen molar-refractivity contribution < 1.29 is 4.79 Å². The van der Waals surface area contributed by atoms with Crippen LogP contribution in [0, 0.1) is 0 Å². The molecule has 138 valence electrons. The number of nitrogens with two attached hydrogens (primary N) is 1. The van der Waals surface area contributed by atoms with Crippen molar-refractivity contribution in [2.75, 3.05) is 12.3 Å². The summed E-state index contributed by atoms with van der Waals surface area (Å²) in [4.78, 5) is 18.7. The molecule has 1 heterocycles. The van der Waals surface area contributed by atoms with Gasteiger partial charge in [0, 0.05) is 18.7 Å². The standard InChI is InChI=1S/C19H36N4O/c1-2-3-4-5-6-7-8-9-10-11-15-21-18(24)14-12-13-17-16-22-19(20)23-17/h16H,2-15H2,1H3,(H,21,24)(H3,20,22,23). The lowest BCUT2D eigenvalue weighted by molar-refractivity contribution is -0.121.